The minimum atomic E-state index is -1.63. The van der Waals surface area contributed by atoms with E-state index in [4.69, 9.17) is 18.9 Å². The highest BCUT2D eigenvalue weighted by Crippen LogP contribution is 2.18. The summed E-state index contributed by atoms with van der Waals surface area (Å²) in [5, 5.41) is 11.8. The molecule has 0 aliphatic heterocycles. The molecule has 0 heterocycles. The van der Waals surface area contributed by atoms with E-state index in [2.05, 4.69) is 74.6 Å². The maximum Gasteiger partial charge on any atom is 0.306 e. The summed E-state index contributed by atoms with van der Waals surface area (Å²) in [7, 11) is 5.92. The number of carbonyl (C=O) groups excluding carboxylic acids is 3. The van der Waals surface area contributed by atoms with Crippen LogP contribution in [-0.4, -0.2) is 82.3 Å². The van der Waals surface area contributed by atoms with Crippen molar-refractivity contribution in [1.82, 2.24) is 0 Å². The molecule has 0 N–H and O–H groups in total. The van der Waals surface area contributed by atoms with Gasteiger partial charge in [0.05, 0.1) is 40.3 Å². The number of unbranched alkanes of at least 4 members (excludes halogenated alkanes) is 37. The number of carboxylic acid groups (broad SMARTS) is 1. The molecule has 0 aromatic rings. The molecule has 0 spiro atoms. The molecule has 0 rings (SSSR count). The molecule has 0 saturated carbocycles. The van der Waals surface area contributed by atoms with Gasteiger partial charge >= 0.3 is 11.9 Å². The number of likely N-dealkylation sites (N-methyl/N-ethyl adjacent to an activating group) is 1. The Morgan fingerprint density at radius 1 is 0.392 bits per heavy atom. The van der Waals surface area contributed by atoms with Crippen LogP contribution in [0.3, 0.4) is 0 Å². The molecule has 460 valence electrons. The predicted molar refractivity (Wildman–Crippen MR) is 334 cm³/mol. The number of carbonyl (C=O) groups is 3. The number of nitrogens with zero attached hydrogens (tertiary/aromatic N) is 1. The molecular formula is C70H127NO8. The summed E-state index contributed by atoms with van der Waals surface area (Å²) < 4.78 is 22.7. The second-order valence-corrected chi connectivity index (χ2v) is 23.7. The average Bonchev–Trinajstić information content (AvgIpc) is 3.42. The number of hydrogen-bond acceptors (Lipinski definition) is 8. The van der Waals surface area contributed by atoms with Crippen LogP contribution < -0.4 is 5.11 Å². The van der Waals surface area contributed by atoms with Gasteiger partial charge in [-0.2, -0.15) is 0 Å². The summed E-state index contributed by atoms with van der Waals surface area (Å²) >= 11 is 0. The van der Waals surface area contributed by atoms with Gasteiger partial charge in [-0.15, -0.1) is 0 Å². The third-order valence-electron chi connectivity index (χ3n) is 14.7. The zero-order valence-corrected chi connectivity index (χ0v) is 52.5. The van der Waals surface area contributed by atoms with Crippen molar-refractivity contribution in [2.75, 3.05) is 47.5 Å². The van der Waals surface area contributed by atoms with Gasteiger partial charge in [0, 0.05) is 12.8 Å². The van der Waals surface area contributed by atoms with Gasteiger partial charge in [-0.25, -0.2) is 0 Å². The van der Waals surface area contributed by atoms with Crippen LogP contribution in [0.4, 0.5) is 0 Å². The number of esters is 2. The largest absolute Gasteiger partial charge is 0.545 e. The summed E-state index contributed by atoms with van der Waals surface area (Å²) in [6, 6.07) is 0. The van der Waals surface area contributed by atoms with Crippen LogP contribution in [0.5, 0.6) is 0 Å². The quantitative estimate of drug-likeness (QED) is 0.0195. The van der Waals surface area contributed by atoms with Gasteiger partial charge in [-0.3, -0.25) is 9.59 Å². The van der Waals surface area contributed by atoms with Crippen molar-refractivity contribution in [3.05, 3.63) is 60.8 Å². The van der Waals surface area contributed by atoms with Crippen molar-refractivity contribution in [3.63, 3.8) is 0 Å². The highest BCUT2D eigenvalue weighted by atomic mass is 16.7. The SMILES string of the molecule is CC/C=C\C/C=C\C/C=C\CCCCCCCC(=O)OC(COC(=O)CCCCCCCCCCCCCCCCCCCCCCCCCCCCC/C=C\C/C=C\CCCCCCC)COC(OCC[N+](C)(C)C)C(=O)[O-]. The molecule has 2 unspecified atom stereocenters. The molecule has 0 aromatic heterocycles. The van der Waals surface area contributed by atoms with E-state index in [0.29, 0.717) is 23.9 Å². The first kappa shape index (κ1) is 76.0. The Balaban J connectivity index is 3.93. The van der Waals surface area contributed by atoms with E-state index in [0.717, 1.165) is 77.0 Å². The molecule has 0 aliphatic rings. The molecule has 0 amide bonds. The standard InChI is InChI=1S/C70H127NO8/c1-6-8-10-12-14-16-18-20-22-23-24-25-26-27-28-29-30-31-32-33-34-35-36-37-38-39-40-41-42-43-44-45-47-48-50-52-54-56-58-60-67(72)77-64-66(65-78-70(69(74)75)76-63-62-71(3,4)5)79-68(73)61-59-57-55-53-51-49-46-21-19-17-15-13-11-9-7-2/h9,11,15,17-18,20-21,23-24,46,66,70H,6-8,10,12-14,16,19,22,25-45,47-65H2,1-5H3/b11-9-,17-15-,20-18-,24-23-,46-21-. The van der Waals surface area contributed by atoms with Crippen molar-refractivity contribution in [2.45, 2.75) is 322 Å². The molecular weight excluding hydrogens is 983 g/mol. The lowest BCUT2D eigenvalue weighted by Crippen LogP contribution is -2.44. The molecule has 0 fully saturated rings. The molecule has 0 bridgehead atoms. The lowest BCUT2D eigenvalue weighted by molar-refractivity contribution is -0.870. The van der Waals surface area contributed by atoms with E-state index in [1.807, 2.05) is 21.1 Å². The summed E-state index contributed by atoms with van der Waals surface area (Å²) in [5.41, 5.74) is 0. The van der Waals surface area contributed by atoms with E-state index >= 15 is 0 Å². The topological polar surface area (TPSA) is 111 Å². The number of hydrogen-bond donors (Lipinski definition) is 0. The molecule has 0 aliphatic carbocycles. The first-order valence-electron chi connectivity index (χ1n) is 33.4. The summed E-state index contributed by atoms with van der Waals surface area (Å²) in [5.74, 6) is -2.29. The number of rotatable bonds is 62. The van der Waals surface area contributed by atoms with Gasteiger partial charge in [0.25, 0.3) is 0 Å². The second kappa shape index (κ2) is 61.1. The monoisotopic (exact) mass is 1110 g/mol. The fourth-order valence-corrected chi connectivity index (χ4v) is 9.64. The Morgan fingerprint density at radius 3 is 1.08 bits per heavy atom. The van der Waals surface area contributed by atoms with Crippen LogP contribution in [0.1, 0.15) is 309 Å². The Bertz CT molecular complexity index is 1480. The Morgan fingerprint density at radius 2 is 0.722 bits per heavy atom. The molecule has 9 nitrogen and oxygen atoms in total. The molecule has 0 radical (unpaired) electrons. The van der Waals surface area contributed by atoms with Crippen LogP contribution in [0.15, 0.2) is 60.8 Å². The number of aliphatic carboxylic acids is 1. The van der Waals surface area contributed by atoms with E-state index in [1.165, 1.54) is 199 Å². The number of ether oxygens (including phenoxy) is 4. The third-order valence-corrected chi connectivity index (χ3v) is 14.7. The fourth-order valence-electron chi connectivity index (χ4n) is 9.64. The van der Waals surface area contributed by atoms with Gasteiger partial charge in [0.1, 0.15) is 13.2 Å². The summed E-state index contributed by atoms with van der Waals surface area (Å²) in [6.07, 6.45) is 76.1. The van der Waals surface area contributed by atoms with Crippen molar-refractivity contribution < 1.29 is 42.9 Å². The van der Waals surface area contributed by atoms with Gasteiger partial charge in [0.2, 0.25) is 0 Å². The first-order valence-corrected chi connectivity index (χ1v) is 33.4. The van der Waals surface area contributed by atoms with Crippen LogP contribution in [0.2, 0.25) is 0 Å². The molecule has 9 heteroatoms. The lowest BCUT2D eigenvalue weighted by Gasteiger charge is -2.26. The van der Waals surface area contributed by atoms with Crippen LogP contribution >= 0.6 is 0 Å². The van der Waals surface area contributed by atoms with Crippen molar-refractivity contribution in [1.29, 1.82) is 0 Å². The lowest BCUT2D eigenvalue weighted by atomic mass is 10.0. The number of carboxylic acids is 1. The number of allylic oxidation sites excluding steroid dienone is 10. The van der Waals surface area contributed by atoms with Crippen LogP contribution in [0.25, 0.3) is 0 Å². The van der Waals surface area contributed by atoms with Crippen molar-refractivity contribution in [2.24, 2.45) is 0 Å². The molecule has 79 heavy (non-hydrogen) atoms. The zero-order valence-electron chi connectivity index (χ0n) is 52.5. The van der Waals surface area contributed by atoms with Crippen molar-refractivity contribution in [3.8, 4) is 0 Å². The molecule has 0 saturated heterocycles. The highest BCUT2D eigenvalue weighted by Gasteiger charge is 2.22. The maximum atomic E-state index is 12.8. The van der Waals surface area contributed by atoms with Gasteiger partial charge in [-0.1, -0.05) is 280 Å². The van der Waals surface area contributed by atoms with E-state index < -0.39 is 24.3 Å². The van der Waals surface area contributed by atoms with E-state index in [9.17, 15) is 19.5 Å². The first-order chi connectivity index (χ1) is 38.6. The van der Waals surface area contributed by atoms with E-state index in [1.54, 1.807) is 0 Å². The molecule has 0 aromatic carbocycles. The Labute approximate surface area is 488 Å². The van der Waals surface area contributed by atoms with Crippen LogP contribution in [-0.2, 0) is 33.3 Å². The highest BCUT2D eigenvalue weighted by molar-refractivity contribution is 5.70. The Kier molecular flexibility index (Phi) is 58.7. The molecule has 2 atom stereocenters. The fraction of sp³-hybridized carbons (Fsp3) is 0.814. The summed E-state index contributed by atoms with van der Waals surface area (Å²) in [6.45, 7) is 4.63. The van der Waals surface area contributed by atoms with Gasteiger partial charge < -0.3 is 33.3 Å². The van der Waals surface area contributed by atoms with E-state index in [-0.39, 0.29) is 32.2 Å². The van der Waals surface area contributed by atoms with Gasteiger partial charge in [0.15, 0.2) is 12.4 Å². The maximum absolute atomic E-state index is 12.8. The normalized spacial score (nSPS) is 13.1. The van der Waals surface area contributed by atoms with Crippen LogP contribution in [0, 0.1) is 0 Å². The zero-order chi connectivity index (χ0) is 57.6. The number of quaternary nitrogens is 1. The Hall–Kier alpha value is -3.01. The second-order valence-electron chi connectivity index (χ2n) is 23.7. The van der Waals surface area contributed by atoms with Gasteiger partial charge in [-0.05, 0) is 77.0 Å². The predicted octanol–water partition coefficient (Wildman–Crippen LogP) is 19.0. The third kappa shape index (κ3) is 62.4. The smallest absolute Gasteiger partial charge is 0.306 e. The summed E-state index contributed by atoms with van der Waals surface area (Å²) in [4.78, 5) is 37.3. The minimum Gasteiger partial charge on any atom is -0.545 e. The average molecular weight is 1110 g/mol. The van der Waals surface area contributed by atoms with Crippen molar-refractivity contribution >= 4 is 17.9 Å². The minimum absolute atomic E-state index is 0.144.